The van der Waals surface area contributed by atoms with Gasteiger partial charge in [-0.05, 0) is 29.8 Å². The molecule has 136 valence electrons. The van der Waals surface area contributed by atoms with E-state index in [2.05, 4.69) is 0 Å². The summed E-state index contributed by atoms with van der Waals surface area (Å²) in [6, 6.07) is 6.94. The van der Waals surface area contributed by atoms with Gasteiger partial charge in [0.05, 0.1) is 25.3 Å². The molecule has 0 aliphatic carbocycles. The monoisotopic (exact) mass is 366 g/mol. The first kappa shape index (κ1) is 15.9. The lowest BCUT2D eigenvalue weighted by Gasteiger charge is -2.22. The van der Waals surface area contributed by atoms with E-state index in [1.54, 1.807) is 18.2 Å². The van der Waals surface area contributed by atoms with Crippen LogP contribution in [-0.4, -0.2) is 49.5 Å². The van der Waals surface area contributed by atoms with E-state index in [0.29, 0.717) is 47.1 Å². The fourth-order valence-corrected chi connectivity index (χ4v) is 3.94. The van der Waals surface area contributed by atoms with Crippen molar-refractivity contribution in [2.24, 2.45) is 0 Å². The molecule has 27 heavy (non-hydrogen) atoms. The summed E-state index contributed by atoms with van der Waals surface area (Å²) in [5.74, 6) is 1.47. The number of nitrogens with zero attached hydrogens (tertiary/aromatic N) is 1. The molecule has 5 rings (SSSR count). The van der Waals surface area contributed by atoms with Gasteiger partial charge in [0.25, 0.3) is 11.5 Å². The first-order valence-corrected chi connectivity index (χ1v) is 8.55. The molecule has 3 aliphatic heterocycles. The maximum absolute atomic E-state index is 13.3. The lowest BCUT2D eigenvalue weighted by atomic mass is 9.86. The van der Waals surface area contributed by atoms with Crippen LogP contribution in [0.15, 0.2) is 24.3 Å². The number of Topliss-reactive ketones (excluding diaryl/α,β-unsaturated/α-hetero) is 1. The summed E-state index contributed by atoms with van der Waals surface area (Å²) in [4.78, 5) is 26.6. The van der Waals surface area contributed by atoms with Gasteiger partial charge in [-0.2, -0.15) is 4.58 Å². The molecule has 0 saturated heterocycles. The Bertz CT molecular complexity index is 1070. The largest absolute Gasteiger partial charge is 0.493 e. The molecule has 0 radical (unpaired) electrons. The Morgan fingerprint density at radius 1 is 1.00 bits per heavy atom. The SMILES string of the molecule is COc1ccc2c(c1OC)C(=O)[N+]1=C(C2=O)c2cc3c(cc2CC1)OCO3. The van der Waals surface area contributed by atoms with Crippen LogP contribution in [0.1, 0.15) is 31.8 Å². The quantitative estimate of drug-likeness (QED) is 0.755. The molecule has 3 aliphatic rings. The zero-order chi connectivity index (χ0) is 18.7. The van der Waals surface area contributed by atoms with E-state index in [9.17, 15) is 9.59 Å². The van der Waals surface area contributed by atoms with Gasteiger partial charge in [-0.3, -0.25) is 4.79 Å². The number of methoxy groups -OCH3 is 2. The van der Waals surface area contributed by atoms with Crippen LogP contribution in [0.2, 0.25) is 0 Å². The van der Waals surface area contributed by atoms with E-state index in [1.807, 2.05) is 6.07 Å². The minimum absolute atomic E-state index is 0.157. The van der Waals surface area contributed by atoms with Crippen molar-refractivity contribution in [2.75, 3.05) is 27.6 Å². The molecule has 3 heterocycles. The van der Waals surface area contributed by atoms with Gasteiger partial charge in [-0.15, -0.1) is 0 Å². The van der Waals surface area contributed by atoms with E-state index >= 15 is 0 Å². The summed E-state index contributed by atoms with van der Waals surface area (Å²) in [5, 5.41) is 0. The molecule has 0 N–H and O–H groups in total. The predicted octanol–water partition coefficient (Wildman–Crippen LogP) is 1.83. The molecule has 7 heteroatoms. The fraction of sp³-hybridized carbons (Fsp3) is 0.250. The Hall–Kier alpha value is -3.35. The smallest absolute Gasteiger partial charge is 0.424 e. The van der Waals surface area contributed by atoms with Gasteiger partial charge in [-0.25, -0.2) is 4.79 Å². The number of benzene rings is 2. The van der Waals surface area contributed by atoms with Crippen molar-refractivity contribution in [2.45, 2.75) is 6.42 Å². The van der Waals surface area contributed by atoms with Crippen molar-refractivity contribution in [3.8, 4) is 23.0 Å². The van der Waals surface area contributed by atoms with Crippen molar-refractivity contribution in [1.82, 2.24) is 0 Å². The van der Waals surface area contributed by atoms with Crippen molar-refractivity contribution in [3.63, 3.8) is 0 Å². The molecule has 1 amide bonds. The van der Waals surface area contributed by atoms with E-state index in [0.717, 1.165) is 5.56 Å². The first-order valence-electron chi connectivity index (χ1n) is 8.55. The number of rotatable bonds is 2. The summed E-state index contributed by atoms with van der Waals surface area (Å²) >= 11 is 0. The van der Waals surface area contributed by atoms with E-state index in [1.165, 1.54) is 18.8 Å². The van der Waals surface area contributed by atoms with Crippen LogP contribution < -0.4 is 18.9 Å². The topological polar surface area (TPSA) is 74.1 Å². The average Bonchev–Trinajstić information content (AvgIpc) is 3.15. The van der Waals surface area contributed by atoms with Gasteiger partial charge < -0.3 is 18.9 Å². The Balaban J connectivity index is 1.74. The third-order valence-corrected chi connectivity index (χ3v) is 5.19. The van der Waals surface area contributed by atoms with Crippen LogP contribution in [0.5, 0.6) is 23.0 Å². The molecule has 2 aromatic carbocycles. The Morgan fingerprint density at radius 2 is 1.78 bits per heavy atom. The summed E-state index contributed by atoms with van der Waals surface area (Å²) in [6.45, 7) is 0.566. The van der Waals surface area contributed by atoms with Gasteiger partial charge in [0.15, 0.2) is 29.5 Å². The van der Waals surface area contributed by atoms with Crippen molar-refractivity contribution < 1.29 is 33.1 Å². The average molecular weight is 366 g/mol. The zero-order valence-electron chi connectivity index (χ0n) is 14.8. The summed E-state index contributed by atoms with van der Waals surface area (Å²) in [5.41, 5.74) is 2.61. The van der Waals surface area contributed by atoms with Crippen LogP contribution >= 0.6 is 0 Å². The fourth-order valence-electron chi connectivity index (χ4n) is 3.94. The number of carbonyl (C=O) groups excluding carboxylic acids is 2. The lowest BCUT2D eigenvalue weighted by molar-refractivity contribution is -0.428. The van der Waals surface area contributed by atoms with Crippen molar-refractivity contribution in [1.29, 1.82) is 0 Å². The molecular formula is C20H16NO6+. The van der Waals surface area contributed by atoms with Crippen molar-refractivity contribution >= 4 is 17.4 Å². The molecule has 7 nitrogen and oxygen atoms in total. The summed E-state index contributed by atoms with van der Waals surface area (Å²) in [6.07, 6.45) is 0.621. The number of amides is 1. The van der Waals surface area contributed by atoms with E-state index in [4.69, 9.17) is 18.9 Å². The predicted molar refractivity (Wildman–Crippen MR) is 93.7 cm³/mol. The molecule has 0 atom stereocenters. The second kappa shape index (κ2) is 5.57. The number of hydrogen-bond donors (Lipinski definition) is 0. The molecule has 0 spiro atoms. The standard InChI is InChI=1S/C20H16NO6/c1-24-13-4-3-11-16(19(13)25-2)20(23)21-6-5-10-7-14-15(27-9-26-14)8-12(10)17(21)18(11)22/h3-4,7-8H,5-6,9H2,1-2H3/q+1. The van der Waals surface area contributed by atoms with Crippen molar-refractivity contribution in [3.05, 3.63) is 46.5 Å². The summed E-state index contributed by atoms with van der Waals surface area (Å²) < 4.78 is 23.1. The molecule has 0 fully saturated rings. The highest BCUT2D eigenvalue weighted by molar-refractivity contribution is 6.52. The molecule has 0 aromatic heterocycles. The normalized spacial score (nSPS) is 16.7. The van der Waals surface area contributed by atoms with Gasteiger partial charge in [0, 0.05) is 6.42 Å². The van der Waals surface area contributed by atoms with Crippen LogP contribution in [0.4, 0.5) is 0 Å². The van der Waals surface area contributed by atoms with Crippen LogP contribution in [0.3, 0.4) is 0 Å². The molecule has 0 bridgehead atoms. The zero-order valence-corrected chi connectivity index (χ0v) is 14.8. The molecule has 0 unspecified atom stereocenters. The minimum Gasteiger partial charge on any atom is -0.493 e. The van der Waals surface area contributed by atoms with Gasteiger partial charge in [0.2, 0.25) is 6.79 Å². The van der Waals surface area contributed by atoms with E-state index in [-0.39, 0.29) is 29.8 Å². The summed E-state index contributed by atoms with van der Waals surface area (Å²) in [7, 11) is 2.96. The van der Waals surface area contributed by atoms with Crippen LogP contribution in [0.25, 0.3) is 0 Å². The van der Waals surface area contributed by atoms with Crippen LogP contribution in [-0.2, 0) is 6.42 Å². The highest BCUT2D eigenvalue weighted by Gasteiger charge is 2.46. The number of carbonyl (C=O) groups is 2. The number of fused-ring (bicyclic) bond motifs is 4. The third kappa shape index (κ3) is 2.05. The van der Waals surface area contributed by atoms with Crippen LogP contribution in [0, 0.1) is 0 Å². The highest BCUT2D eigenvalue weighted by atomic mass is 16.7. The Kier molecular flexibility index (Phi) is 3.28. The second-order valence-corrected chi connectivity index (χ2v) is 6.47. The third-order valence-electron chi connectivity index (χ3n) is 5.19. The van der Waals surface area contributed by atoms with Gasteiger partial charge in [-0.1, -0.05) is 0 Å². The minimum atomic E-state index is -0.265. The molecular weight excluding hydrogens is 350 g/mol. The van der Waals surface area contributed by atoms with E-state index < -0.39 is 0 Å². The maximum Gasteiger partial charge on any atom is 0.424 e. The number of hydrogen-bond acceptors (Lipinski definition) is 6. The Labute approximate surface area is 154 Å². The second-order valence-electron chi connectivity index (χ2n) is 6.47. The number of ketones is 1. The molecule has 0 saturated carbocycles. The van der Waals surface area contributed by atoms with Gasteiger partial charge >= 0.3 is 5.91 Å². The lowest BCUT2D eigenvalue weighted by Crippen LogP contribution is -2.43. The first-order chi connectivity index (χ1) is 13.1. The maximum atomic E-state index is 13.3. The highest BCUT2D eigenvalue weighted by Crippen LogP contribution is 2.40. The molecule has 2 aromatic rings. The van der Waals surface area contributed by atoms with Gasteiger partial charge in [0.1, 0.15) is 5.56 Å². The Morgan fingerprint density at radius 3 is 2.52 bits per heavy atom. The number of ether oxygens (including phenoxy) is 4.